The fourth-order valence-corrected chi connectivity index (χ4v) is 2.55. The first-order chi connectivity index (χ1) is 11.7. The summed E-state index contributed by atoms with van der Waals surface area (Å²) in [5, 5.41) is 10.3. The number of aromatic nitrogens is 2. The average Bonchev–Trinajstić information content (AvgIpc) is 2.88. The first-order valence-corrected chi connectivity index (χ1v) is 9.64. The minimum atomic E-state index is -3.30. The van der Waals surface area contributed by atoms with Crippen LogP contribution in [-0.2, 0) is 14.8 Å². The number of carbonyl (C=O) groups is 1. The Morgan fingerprint density at radius 2 is 2.12 bits per heavy atom. The highest BCUT2D eigenvalue weighted by atomic mass is 32.2. The summed E-state index contributed by atoms with van der Waals surface area (Å²) in [6, 6.07) is 5.45. The monoisotopic (exact) mass is 369 g/mol. The summed E-state index contributed by atoms with van der Waals surface area (Å²) in [5.41, 5.74) is 0.743. The predicted octanol–water partition coefficient (Wildman–Crippen LogP) is 0.381. The molecule has 3 N–H and O–H groups in total. The molecule has 0 aliphatic carbocycles. The molecule has 1 aromatic heterocycles. The number of nitrogens with zero attached hydrogens (tertiary/aromatic N) is 2. The van der Waals surface area contributed by atoms with Crippen molar-refractivity contribution in [2.75, 3.05) is 45.4 Å². The molecule has 1 heterocycles. The second-order valence-corrected chi connectivity index (χ2v) is 7.73. The van der Waals surface area contributed by atoms with Crippen molar-refractivity contribution in [3.05, 3.63) is 18.2 Å². The van der Waals surface area contributed by atoms with Crippen molar-refractivity contribution in [3.8, 4) is 5.75 Å². The van der Waals surface area contributed by atoms with E-state index < -0.39 is 10.0 Å². The average molecular weight is 369 g/mol. The van der Waals surface area contributed by atoms with Crippen molar-refractivity contribution >= 4 is 32.7 Å². The maximum Gasteiger partial charge on any atom is 0.226 e. The Balaban J connectivity index is 1.95. The van der Waals surface area contributed by atoms with Crippen molar-refractivity contribution in [1.82, 2.24) is 19.8 Å². The third-order valence-corrected chi connectivity index (χ3v) is 4.04. The Morgan fingerprint density at radius 3 is 2.80 bits per heavy atom. The molecule has 0 spiro atoms. The summed E-state index contributed by atoms with van der Waals surface area (Å²) in [7, 11) is 0.645. The van der Waals surface area contributed by atoms with Gasteiger partial charge in [0.05, 0.1) is 11.8 Å². The van der Waals surface area contributed by atoms with Gasteiger partial charge in [0.15, 0.2) is 5.82 Å². The van der Waals surface area contributed by atoms with Crippen molar-refractivity contribution in [2.24, 2.45) is 0 Å². The zero-order chi connectivity index (χ0) is 18.4. The molecule has 1 amide bonds. The van der Waals surface area contributed by atoms with Crippen molar-refractivity contribution < 1.29 is 17.9 Å². The summed E-state index contributed by atoms with van der Waals surface area (Å²) in [5.74, 6) is 0.795. The Kier molecular flexibility index (Phi) is 6.34. The highest BCUT2D eigenvalue weighted by Crippen LogP contribution is 2.24. The van der Waals surface area contributed by atoms with Crippen LogP contribution in [0.4, 0.5) is 5.82 Å². The van der Waals surface area contributed by atoms with Gasteiger partial charge >= 0.3 is 0 Å². The molecule has 0 atom stereocenters. The lowest BCUT2D eigenvalue weighted by atomic mass is 10.2. The zero-order valence-electron chi connectivity index (χ0n) is 14.5. The fourth-order valence-electron chi connectivity index (χ4n) is 2.07. The van der Waals surface area contributed by atoms with E-state index in [0.717, 1.165) is 23.7 Å². The van der Waals surface area contributed by atoms with Gasteiger partial charge in [0.25, 0.3) is 0 Å². The van der Waals surface area contributed by atoms with Gasteiger partial charge in [-0.05, 0) is 26.2 Å². The van der Waals surface area contributed by atoms with E-state index in [2.05, 4.69) is 20.2 Å². The maximum absolute atomic E-state index is 11.9. The largest absolute Gasteiger partial charge is 0.492 e. The number of aromatic amines is 1. The SMILES string of the molecule is CN(C)CCOc1ccc2c(NC(=O)CCNS(C)(=O)=O)n[nH]c2c1. The first-order valence-electron chi connectivity index (χ1n) is 7.75. The molecule has 0 radical (unpaired) electrons. The summed E-state index contributed by atoms with van der Waals surface area (Å²) >= 11 is 0. The first kappa shape index (κ1) is 19.2. The second-order valence-electron chi connectivity index (χ2n) is 5.90. The lowest BCUT2D eigenvalue weighted by Crippen LogP contribution is -2.26. The smallest absolute Gasteiger partial charge is 0.226 e. The molecule has 138 valence electrons. The lowest BCUT2D eigenvalue weighted by molar-refractivity contribution is -0.116. The maximum atomic E-state index is 11.9. The topological polar surface area (TPSA) is 116 Å². The lowest BCUT2D eigenvalue weighted by Gasteiger charge is -2.10. The number of fused-ring (bicyclic) bond motifs is 1. The number of likely N-dealkylation sites (N-methyl/N-ethyl adjacent to an activating group) is 1. The van der Waals surface area contributed by atoms with E-state index in [1.165, 1.54) is 0 Å². The molecule has 0 fully saturated rings. The van der Waals surface area contributed by atoms with Crippen LogP contribution in [0.5, 0.6) is 5.75 Å². The van der Waals surface area contributed by atoms with Crippen LogP contribution in [0.3, 0.4) is 0 Å². The third kappa shape index (κ3) is 6.33. The molecule has 0 aliphatic heterocycles. The fraction of sp³-hybridized carbons (Fsp3) is 0.467. The summed E-state index contributed by atoms with van der Waals surface area (Å²) in [6.45, 7) is 1.42. The van der Waals surface area contributed by atoms with Crippen LogP contribution in [0.2, 0.25) is 0 Å². The van der Waals surface area contributed by atoms with Crippen LogP contribution in [0.1, 0.15) is 6.42 Å². The molecule has 25 heavy (non-hydrogen) atoms. The molecule has 0 unspecified atom stereocenters. The Bertz CT molecular complexity index is 832. The molecule has 1 aromatic carbocycles. The van der Waals surface area contributed by atoms with Gasteiger partial charge in [-0.1, -0.05) is 0 Å². The quantitative estimate of drug-likeness (QED) is 0.588. The van der Waals surface area contributed by atoms with Gasteiger partial charge in [-0.25, -0.2) is 13.1 Å². The molecule has 0 bridgehead atoms. The number of hydrogen-bond donors (Lipinski definition) is 3. The van der Waals surface area contributed by atoms with Crippen molar-refractivity contribution in [2.45, 2.75) is 6.42 Å². The number of sulfonamides is 1. The standard InChI is InChI=1S/C15H23N5O4S/c1-20(2)8-9-24-11-4-5-12-13(10-11)18-19-15(12)17-14(21)6-7-16-25(3,22)23/h4-5,10,16H,6-9H2,1-3H3,(H2,17,18,19,21). The normalized spacial score (nSPS) is 11.8. The minimum Gasteiger partial charge on any atom is -0.492 e. The van der Waals surface area contributed by atoms with E-state index in [0.29, 0.717) is 18.2 Å². The van der Waals surface area contributed by atoms with Crippen molar-refractivity contribution in [3.63, 3.8) is 0 Å². The number of amides is 1. The predicted molar refractivity (Wildman–Crippen MR) is 96.2 cm³/mol. The number of ether oxygens (including phenoxy) is 1. The van der Waals surface area contributed by atoms with E-state index in [1.54, 1.807) is 0 Å². The number of rotatable bonds is 9. The Morgan fingerprint density at radius 1 is 1.36 bits per heavy atom. The molecule has 2 rings (SSSR count). The van der Waals surface area contributed by atoms with Crippen LogP contribution in [0.15, 0.2) is 18.2 Å². The minimum absolute atomic E-state index is 0.0210. The molecule has 2 aromatic rings. The van der Waals surface area contributed by atoms with E-state index in [4.69, 9.17) is 4.74 Å². The van der Waals surface area contributed by atoms with Crippen LogP contribution in [0, 0.1) is 0 Å². The highest BCUT2D eigenvalue weighted by molar-refractivity contribution is 7.88. The highest BCUT2D eigenvalue weighted by Gasteiger charge is 2.11. The molecule has 10 heteroatoms. The van der Waals surface area contributed by atoms with Crippen LogP contribution < -0.4 is 14.8 Å². The molecular formula is C15H23N5O4S. The number of benzene rings is 1. The summed E-state index contributed by atoms with van der Waals surface area (Å²) in [6.07, 6.45) is 1.07. The van der Waals surface area contributed by atoms with Gasteiger partial charge in [0.2, 0.25) is 15.9 Å². The van der Waals surface area contributed by atoms with E-state index in [1.807, 2.05) is 37.2 Å². The molecular weight excluding hydrogens is 346 g/mol. The number of H-pyrrole nitrogens is 1. The van der Waals surface area contributed by atoms with E-state index in [9.17, 15) is 13.2 Å². The number of hydrogen-bond acceptors (Lipinski definition) is 6. The summed E-state index contributed by atoms with van der Waals surface area (Å²) in [4.78, 5) is 13.9. The van der Waals surface area contributed by atoms with Crippen molar-refractivity contribution in [1.29, 1.82) is 0 Å². The van der Waals surface area contributed by atoms with E-state index >= 15 is 0 Å². The second kappa shape index (κ2) is 8.28. The van der Waals surface area contributed by atoms with E-state index in [-0.39, 0.29) is 18.9 Å². The van der Waals surface area contributed by atoms with Crippen LogP contribution in [-0.4, -0.2) is 69.5 Å². The molecule has 0 aliphatic rings. The van der Waals surface area contributed by atoms with Gasteiger partial charge in [0, 0.05) is 31.0 Å². The third-order valence-electron chi connectivity index (χ3n) is 3.32. The van der Waals surface area contributed by atoms with Gasteiger partial charge in [-0.2, -0.15) is 5.10 Å². The van der Waals surface area contributed by atoms with Gasteiger partial charge < -0.3 is 15.0 Å². The van der Waals surface area contributed by atoms with Gasteiger partial charge in [-0.15, -0.1) is 0 Å². The Labute approximate surface area is 146 Å². The van der Waals surface area contributed by atoms with Gasteiger partial charge in [-0.3, -0.25) is 9.89 Å². The van der Waals surface area contributed by atoms with Crippen LogP contribution in [0.25, 0.3) is 10.9 Å². The molecule has 0 saturated heterocycles. The summed E-state index contributed by atoms with van der Waals surface area (Å²) < 4.78 is 29.9. The number of carbonyl (C=O) groups excluding carboxylic acids is 1. The molecule has 9 nitrogen and oxygen atoms in total. The Hall–Kier alpha value is -2.17. The van der Waals surface area contributed by atoms with Gasteiger partial charge in [0.1, 0.15) is 12.4 Å². The zero-order valence-corrected chi connectivity index (χ0v) is 15.3. The molecule has 0 saturated carbocycles. The van der Waals surface area contributed by atoms with Crippen LogP contribution >= 0.6 is 0 Å². The number of nitrogens with one attached hydrogen (secondary N) is 3. The number of anilines is 1.